The number of nitrogens with two attached hydrogens (primary N) is 1. The van der Waals surface area contributed by atoms with Crippen LogP contribution in [0.2, 0.25) is 0 Å². The molecule has 0 aromatic heterocycles. The summed E-state index contributed by atoms with van der Waals surface area (Å²) < 4.78 is 10.4. The molecule has 1 aliphatic heterocycles. The highest BCUT2D eigenvalue weighted by atomic mass is 16.6. The first-order chi connectivity index (χ1) is 17.9. The average molecular weight is 544 g/mol. The largest absolute Gasteiger partial charge is 0.460 e. The monoisotopic (exact) mass is 543 g/mol. The van der Waals surface area contributed by atoms with Crippen LogP contribution in [0.5, 0.6) is 0 Å². The van der Waals surface area contributed by atoms with E-state index in [1.165, 1.54) is 10.5 Å². The van der Waals surface area contributed by atoms with Crippen molar-refractivity contribution in [1.29, 1.82) is 0 Å². The summed E-state index contributed by atoms with van der Waals surface area (Å²) in [6, 6.07) is 4.99. The van der Waals surface area contributed by atoms with Gasteiger partial charge in [-0.1, -0.05) is 29.8 Å². The molecule has 1 aliphatic carbocycles. The topological polar surface area (TPSA) is 128 Å². The second-order valence-electron chi connectivity index (χ2n) is 12.3. The van der Waals surface area contributed by atoms with Crippen LogP contribution in [-0.4, -0.2) is 52.1 Å². The number of nitrogens with one attached hydrogen (secondary N) is 1. The molecular weight excluding hydrogens is 498 g/mol. The van der Waals surface area contributed by atoms with E-state index in [1.54, 1.807) is 26.8 Å². The summed E-state index contributed by atoms with van der Waals surface area (Å²) >= 11 is 0. The molecule has 1 saturated carbocycles. The summed E-state index contributed by atoms with van der Waals surface area (Å²) in [7, 11) is 0. The lowest BCUT2D eigenvalue weighted by atomic mass is 9.92. The number of alkyl carbamates (subject to hydrolysis) is 1. The van der Waals surface area contributed by atoms with E-state index in [4.69, 9.17) is 15.2 Å². The van der Waals surface area contributed by atoms with E-state index >= 15 is 0 Å². The second kappa shape index (κ2) is 13.1. The molecule has 1 aromatic rings. The van der Waals surface area contributed by atoms with Crippen molar-refractivity contribution in [2.45, 2.75) is 117 Å². The van der Waals surface area contributed by atoms with Crippen molar-refractivity contribution in [2.75, 3.05) is 0 Å². The van der Waals surface area contributed by atoms with Crippen molar-refractivity contribution in [3.8, 4) is 0 Å². The number of amides is 3. The number of rotatable bonds is 6. The van der Waals surface area contributed by atoms with E-state index in [0.717, 1.165) is 36.8 Å². The number of carbonyl (C=O) groups is 4. The molecule has 0 saturated heterocycles. The number of nitrogens with zero attached hydrogens (tertiary/aromatic N) is 1. The smallest absolute Gasteiger partial charge is 0.407 e. The molecule has 3 N–H and O–H groups in total. The number of carbonyl (C=O) groups excluding carboxylic acids is 4. The lowest BCUT2D eigenvalue weighted by molar-refractivity contribution is -0.155. The Balaban J connectivity index is 0.000000306. The van der Waals surface area contributed by atoms with Gasteiger partial charge in [-0.15, -0.1) is 0 Å². The molecule has 9 nitrogen and oxygen atoms in total. The molecule has 1 atom stereocenters. The normalized spacial score (nSPS) is 16.5. The Labute approximate surface area is 232 Å². The van der Waals surface area contributed by atoms with Gasteiger partial charge in [-0.05, 0) is 92.2 Å². The minimum Gasteiger partial charge on any atom is -0.460 e. The van der Waals surface area contributed by atoms with Crippen LogP contribution >= 0.6 is 0 Å². The SMILES string of the molecule is C=C1CCC(NC(=O)OC(C)(C)C)CC1.Cc1ccc2c(c1)CN(C(CCC(=O)OC(C)(C)C)C(N)=O)C2=O. The fourth-order valence-corrected chi connectivity index (χ4v) is 4.47. The molecule has 3 amide bonds. The Bertz CT molecular complexity index is 1070. The number of hydrogen-bond donors (Lipinski definition) is 2. The summed E-state index contributed by atoms with van der Waals surface area (Å²) in [5.74, 6) is -1.25. The van der Waals surface area contributed by atoms with Gasteiger partial charge in [0.1, 0.15) is 17.2 Å². The molecule has 3 rings (SSSR count). The number of fused-ring (bicyclic) bond motifs is 1. The van der Waals surface area contributed by atoms with Gasteiger partial charge in [0.05, 0.1) is 0 Å². The molecule has 1 fully saturated rings. The third kappa shape index (κ3) is 10.7. The molecular formula is C30H45N3O6. The molecule has 1 unspecified atom stereocenters. The Kier molecular flexibility index (Phi) is 10.7. The highest BCUT2D eigenvalue weighted by Gasteiger charge is 2.36. The van der Waals surface area contributed by atoms with Gasteiger partial charge in [0.2, 0.25) is 5.91 Å². The summed E-state index contributed by atoms with van der Waals surface area (Å²) in [5.41, 5.74) is 8.27. The molecule has 9 heteroatoms. The molecule has 0 spiro atoms. The van der Waals surface area contributed by atoms with Crippen LogP contribution in [0, 0.1) is 6.92 Å². The zero-order valence-electron chi connectivity index (χ0n) is 24.5. The van der Waals surface area contributed by atoms with Crippen molar-refractivity contribution in [3.63, 3.8) is 0 Å². The summed E-state index contributed by atoms with van der Waals surface area (Å²) in [4.78, 5) is 49.1. The Morgan fingerprint density at radius 2 is 1.67 bits per heavy atom. The highest BCUT2D eigenvalue weighted by Crippen LogP contribution is 2.27. The maximum absolute atomic E-state index is 12.5. The van der Waals surface area contributed by atoms with Crippen LogP contribution in [-0.2, 0) is 25.6 Å². The van der Waals surface area contributed by atoms with Gasteiger partial charge in [-0.2, -0.15) is 0 Å². The van der Waals surface area contributed by atoms with Crippen molar-refractivity contribution in [1.82, 2.24) is 10.2 Å². The third-order valence-corrected chi connectivity index (χ3v) is 6.25. The Hall–Kier alpha value is -3.36. The van der Waals surface area contributed by atoms with Crippen LogP contribution in [0.15, 0.2) is 30.4 Å². The quantitative estimate of drug-likeness (QED) is 0.387. The molecule has 1 heterocycles. The van der Waals surface area contributed by atoms with Gasteiger partial charge < -0.3 is 25.4 Å². The van der Waals surface area contributed by atoms with E-state index in [9.17, 15) is 19.2 Å². The van der Waals surface area contributed by atoms with Crippen LogP contribution in [0.3, 0.4) is 0 Å². The van der Waals surface area contributed by atoms with Gasteiger partial charge in [-0.3, -0.25) is 14.4 Å². The highest BCUT2D eigenvalue weighted by molar-refractivity contribution is 6.01. The molecule has 39 heavy (non-hydrogen) atoms. The number of benzene rings is 1. The molecule has 0 radical (unpaired) electrons. The molecule has 2 aliphatic rings. The van der Waals surface area contributed by atoms with Crippen molar-refractivity contribution in [3.05, 3.63) is 47.0 Å². The fourth-order valence-electron chi connectivity index (χ4n) is 4.47. The predicted molar refractivity (Wildman–Crippen MR) is 150 cm³/mol. The number of aryl methyl sites for hydroxylation is 1. The lowest BCUT2D eigenvalue weighted by Gasteiger charge is -2.26. The van der Waals surface area contributed by atoms with E-state index in [0.29, 0.717) is 12.1 Å². The summed E-state index contributed by atoms with van der Waals surface area (Å²) in [5, 5.41) is 2.89. The summed E-state index contributed by atoms with van der Waals surface area (Å²) in [6.07, 6.45) is 3.88. The maximum atomic E-state index is 12.5. The number of ether oxygens (including phenoxy) is 2. The fraction of sp³-hybridized carbons (Fsp3) is 0.600. The number of allylic oxidation sites excluding steroid dienone is 1. The van der Waals surface area contributed by atoms with Crippen LogP contribution in [0.25, 0.3) is 0 Å². The lowest BCUT2D eigenvalue weighted by Crippen LogP contribution is -2.45. The van der Waals surface area contributed by atoms with E-state index in [1.807, 2.05) is 39.8 Å². The molecule has 216 valence electrons. The van der Waals surface area contributed by atoms with Gasteiger partial charge in [0, 0.05) is 24.6 Å². The number of hydrogen-bond acceptors (Lipinski definition) is 6. The Morgan fingerprint density at radius 3 is 2.21 bits per heavy atom. The second-order valence-corrected chi connectivity index (χ2v) is 12.3. The van der Waals surface area contributed by atoms with Crippen LogP contribution < -0.4 is 11.1 Å². The predicted octanol–water partition coefficient (Wildman–Crippen LogP) is 4.94. The average Bonchev–Trinajstić information content (AvgIpc) is 3.08. The van der Waals surface area contributed by atoms with Crippen LogP contribution in [0.1, 0.15) is 102 Å². The van der Waals surface area contributed by atoms with Crippen molar-refractivity contribution in [2.24, 2.45) is 5.73 Å². The van der Waals surface area contributed by atoms with Gasteiger partial charge >= 0.3 is 12.1 Å². The van der Waals surface area contributed by atoms with Gasteiger partial charge in [0.15, 0.2) is 0 Å². The standard InChI is InChI=1S/C18H24N2O4.C12H21NO2/c1-11-5-6-13-12(9-11)10-20(17(13)23)14(16(19)22)7-8-15(21)24-18(2,3)4;1-9-5-7-10(8-6-9)13-11(14)15-12(2,3)4/h5-6,9,14H,7-8,10H2,1-4H3,(H2,19,22);10H,1,5-8H2,2-4H3,(H,13,14). The zero-order chi connectivity index (χ0) is 29.5. The van der Waals surface area contributed by atoms with Crippen LogP contribution in [0.4, 0.5) is 4.79 Å². The van der Waals surface area contributed by atoms with Crippen molar-refractivity contribution >= 4 is 23.9 Å². The maximum Gasteiger partial charge on any atom is 0.407 e. The first kappa shape index (κ1) is 31.9. The number of esters is 1. The van der Waals surface area contributed by atoms with E-state index < -0.39 is 29.1 Å². The Morgan fingerprint density at radius 1 is 1.08 bits per heavy atom. The zero-order valence-corrected chi connectivity index (χ0v) is 24.5. The summed E-state index contributed by atoms with van der Waals surface area (Å²) in [6.45, 7) is 17.2. The first-order valence-corrected chi connectivity index (χ1v) is 13.5. The van der Waals surface area contributed by atoms with E-state index in [-0.39, 0.29) is 30.9 Å². The first-order valence-electron chi connectivity index (χ1n) is 13.5. The van der Waals surface area contributed by atoms with Crippen molar-refractivity contribution < 1.29 is 28.7 Å². The van der Waals surface area contributed by atoms with E-state index in [2.05, 4.69) is 11.9 Å². The number of primary amides is 1. The minimum absolute atomic E-state index is 0.0318. The third-order valence-electron chi connectivity index (χ3n) is 6.25. The van der Waals surface area contributed by atoms with Gasteiger partial charge in [-0.25, -0.2) is 4.79 Å². The van der Waals surface area contributed by atoms with Gasteiger partial charge in [0.25, 0.3) is 5.91 Å². The molecule has 0 bridgehead atoms. The minimum atomic E-state index is -0.822. The molecule has 1 aromatic carbocycles.